The molecule has 28 heavy (non-hydrogen) atoms. The van der Waals surface area contributed by atoms with Gasteiger partial charge in [0.25, 0.3) is 0 Å². The van der Waals surface area contributed by atoms with Gasteiger partial charge in [-0.3, -0.25) is 9.89 Å². The largest absolute Gasteiger partial charge is 0.372 e. The van der Waals surface area contributed by atoms with E-state index >= 15 is 0 Å². The van der Waals surface area contributed by atoms with Crippen LogP contribution in [0.15, 0.2) is 46.1 Å². The Morgan fingerprint density at radius 3 is 2.71 bits per heavy atom. The molecular formula is C20H29FN6O. The Morgan fingerprint density at radius 1 is 1.25 bits per heavy atom. The van der Waals surface area contributed by atoms with Gasteiger partial charge < -0.3 is 19.6 Å². The normalized spacial score (nSPS) is 15.7. The molecule has 0 atom stereocenters. The van der Waals surface area contributed by atoms with Crippen LogP contribution >= 0.6 is 0 Å². The molecule has 0 amide bonds. The smallest absolute Gasteiger partial charge is 0.193 e. The number of aliphatic imine (C=N–C) groups is 1. The van der Waals surface area contributed by atoms with Crippen LogP contribution in [0.2, 0.25) is 0 Å². The molecule has 152 valence electrons. The van der Waals surface area contributed by atoms with Crippen LogP contribution in [0.1, 0.15) is 12.1 Å². The first-order valence-corrected chi connectivity index (χ1v) is 9.70. The van der Waals surface area contributed by atoms with E-state index in [0.29, 0.717) is 5.69 Å². The van der Waals surface area contributed by atoms with Gasteiger partial charge in [0.2, 0.25) is 0 Å². The Labute approximate surface area is 165 Å². The highest BCUT2D eigenvalue weighted by molar-refractivity contribution is 5.80. The van der Waals surface area contributed by atoms with E-state index in [9.17, 15) is 4.39 Å². The number of aromatic nitrogens is 1. The van der Waals surface area contributed by atoms with Gasteiger partial charge in [0.1, 0.15) is 12.1 Å². The van der Waals surface area contributed by atoms with Crippen molar-refractivity contribution in [3.8, 4) is 0 Å². The zero-order valence-electron chi connectivity index (χ0n) is 16.6. The lowest BCUT2D eigenvalue weighted by atomic mass is 10.2. The quantitative estimate of drug-likeness (QED) is 0.445. The van der Waals surface area contributed by atoms with Crippen molar-refractivity contribution in [2.45, 2.75) is 13.0 Å². The Morgan fingerprint density at radius 2 is 2.04 bits per heavy atom. The van der Waals surface area contributed by atoms with Crippen molar-refractivity contribution in [1.29, 1.82) is 0 Å². The molecule has 0 radical (unpaired) electrons. The standard InChI is InChI=1S/C20H29FN6O/c1-22-20(23-9-5-10-25(2)19-7-4-3-6-18(19)21)27-13-11-26(12-14-27)16-17-8-15-28-24-17/h3-4,6-8,15H,5,9-14,16H2,1-2H3,(H,22,23). The molecule has 1 saturated heterocycles. The third-order valence-corrected chi connectivity index (χ3v) is 4.98. The molecule has 8 heteroatoms. The number of piperazine rings is 1. The molecule has 1 aliphatic rings. The molecule has 0 aliphatic carbocycles. The zero-order valence-corrected chi connectivity index (χ0v) is 16.6. The Kier molecular flexibility index (Phi) is 7.25. The van der Waals surface area contributed by atoms with Crippen molar-refractivity contribution >= 4 is 11.6 Å². The van der Waals surface area contributed by atoms with Crippen LogP contribution < -0.4 is 10.2 Å². The Hall–Kier alpha value is -2.61. The predicted molar refractivity (Wildman–Crippen MR) is 109 cm³/mol. The number of nitrogens with zero attached hydrogens (tertiary/aromatic N) is 5. The molecule has 1 aliphatic heterocycles. The van der Waals surface area contributed by atoms with Crippen LogP contribution in [0, 0.1) is 5.82 Å². The first kappa shape index (κ1) is 20.1. The van der Waals surface area contributed by atoms with Crippen molar-refractivity contribution in [1.82, 2.24) is 20.3 Å². The van der Waals surface area contributed by atoms with E-state index in [1.807, 2.05) is 31.1 Å². The van der Waals surface area contributed by atoms with E-state index in [2.05, 4.69) is 25.3 Å². The Bertz CT molecular complexity index is 743. The van der Waals surface area contributed by atoms with E-state index in [4.69, 9.17) is 4.52 Å². The molecule has 1 N–H and O–H groups in total. The first-order chi connectivity index (χ1) is 13.7. The van der Waals surface area contributed by atoms with Crippen LogP contribution in [0.3, 0.4) is 0 Å². The maximum atomic E-state index is 13.8. The SMILES string of the molecule is CN=C(NCCCN(C)c1ccccc1F)N1CCN(Cc2ccon2)CC1. The van der Waals surface area contributed by atoms with Crippen LogP contribution in [0.25, 0.3) is 0 Å². The summed E-state index contributed by atoms with van der Waals surface area (Å²) in [7, 11) is 3.73. The summed E-state index contributed by atoms with van der Waals surface area (Å²) in [5.74, 6) is 0.742. The van der Waals surface area contributed by atoms with E-state index in [1.165, 1.54) is 6.07 Å². The molecule has 0 bridgehead atoms. The summed E-state index contributed by atoms with van der Waals surface area (Å²) in [6.45, 7) is 6.16. The summed E-state index contributed by atoms with van der Waals surface area (Å²) in [4.78, 5) is 11.0. The van der Waals surface area contributed by atoms with Gasteiger partial charge in [-0.2, -0.15) is 0 Å². The van der Waals surface area contributed by atoms with Crippen molar-refractivity contribution in [2.75, 3.05) is 58.3 Å². The van der Waals surface area contributed by atoms with Gasteiger partial charge in [-0.15, -0.1) is 0 Å². The zero-order chi connectivity index (χ0) is 19.8. The number of halogens is 1. The molecule has 2 heterocycles. The van der Waals surface area contributed by atoms with Crippen molar-refractivity contribution in [3.05, 3.63) is 48.1 Å². The number of benzene rings is 1. The van der Waals surface area contributed by atoms with Crippen molar-refractivity contribution in [2.24, 2.45) is 4.99 Å². The number of anilines is 1. The molecule has 1 fully saturated rings. The predicted octanol–water partition coefficient (Wildman–Crippen LogP) is 2.03. The topological polar surface area (TPSA) is 60.1 Å². The molecule has 0 unspecified atom stereocenters. The molecule has 1 aromatic carbocycles. The Balaban J connectivity index is 1.37. The number of guanidine groups is 1. The maximum absolute atomic E-state index is 13.8. The maximum Gasteiger partial charge on any atom is 0.193 e. The van der Waals surface area contributed by atoms with Gasteiger partial charge in [-0.1, -0.05) is 17.3 Å². The fourth-order valence-corrected chi connectivity index (χ4v) is 3.40. The number of para-hydroxylation sites is 1. The van der Waals surface area contributed by atoms with E-state index in [0.717, 1.165) is 63.9 Å². The highest BCUT2D eigenvalue weighted by Gasteiger charge is 2.20. The van der Waals surface area contributed by atoms with Crippen molar-refractivity contribution in [3.63, 3.8) is 0 Å². The van der Waals surface area contributed by atoms with Gasteiger partial charge in [-0.05, 0) is 18.6 Å². The van der Waals surface area contributed by atoms with Gasteiger partial charge in [0, 0.05) is 66.0 Å². The number of hydrogen-bond acceptors (Lipinski definition) is 5. The molecule has 1 aromatic heterocycles. The number of nitrogens with one attached hydrogen (secondary N) is 1. The minimum Gasteiger partial charge on any atom is -0.372 e. The molecular weight excluding hydrogens is 359 g/mol. The summed E-state index contributed by atoms with van der Waals surface area (Å²) in [5, 5.41) is 7.41. The molecule has 0 saturated carbocycles. The molecule has 0 spiro atoms. The van der Waals surface area contributed by atoms with E-state index < -0.39 is 0 Å². The fourth-order valence-electron chi connectivity index (χ4n) is 3.40. The van der Waals surface area contributed by atoms with Gasteiger partial charge >= 0.3 is 0 Å². The minimum atomic E-state index is -0.183. The number of rotatable bonds is 7. The van der Waals surface area contributed by atoms with Gasteiger partial charge in [0.05, 0.1) is 11.4 Å². The van der Waals surface area contributed by atoms with Gasteiger partial charge in [0.15, 0.2) is 5.96 Å². The number of hydrogen-bond donors (Lipinski definition) is 1. The second kappa shape index (κ2) is 10.1. The van der Waals surface area contributed by atoms with Crippen LogP contribution in [0.4, 0.5) is 10.1 Å². The average molecular weight is 388 g/mol. The highest BCUT2D eigenvalue weighted by Crippen LogP contribution is 2.16. The van der Waals surface area contributed by atoms with E-state index in [1.54, 1.807) is 18.4 Å². The summed E-state index contributed by atoms with van der Waals surface area (Å²) in [6, 6.07) is 8.78. The summed E-state index contributed by atoms with van der Waals surface area (Å²) in [5.41, 5.74) is 1.60. The summed E-state index contributed by atoms with van der Waals surface area (Å²) < 4.78 is 18.7. The average Bonchev–Trinajstić information content (AvgIpc) is 3.22. The second-order valence-electron chi connectivity index (χ2n) is 6.95. The molecule has 7 nitrogen and oxygen atoms in total. The van der Waals surface area contributed by atoms with Crippen LogP contribution in [-0.2, 0) is 6.54 Å². The van der Waals surface area contributed by atoms with E-state index in [-0.39, 0.29) is 5.82 Å². The van der Waals surface area contributed by atoms with Gasteiger partial charge in [-0.25, -0.2) is 4.39 Å². The lowest BCUT2D eigenvalue weighted by molar-refractivity contribution is 0.169. The summed E-state index contributed by atoms with van der Waals surface area (Å²) in [6.07, 6.45) is 2.51. The van der Waals surface area contributed by atoms with Crippen LogP contribution in [0.5, 0.6) is 0 Å². The third kappa shape index (κ3) is 5.45. The molecule has 2 aromatic rings. The lowest BCUT2D eigenvalue weighted by Gasteiger charge is -2.36. The third-order valence-electron chi connectivity index (χ3n) is 4.98. The summed E-state index contributed by atoms with van der Waals surface area (Å²) >= 11 is 0. The fraction of sp³-hybridized carbons (Fsp3) is 0.500. The lowest BCUT2D eigenvalue weighted by Crippen LogP contribution is -2.52. The monoisotopic (exact) mass is 388 g/mol. The minimum absolute atomic E-state index is 0.183. The first-order valence-electron chi connectivity index (χ1n) is 9.70. The van der Waals surface area contributed by atoms with Crippen molar-refractivity contribution < 1.29 is 8.91 Å². The van der Waals surface area contributed by atoms with Crippen LogP contribution in [-0.4, -0.2) is 74.3 Å². The second-order valence-corrected chi connectivity index (χ2v) is 6.95. The highest BCUT2D eigenvalue weighted by atomic mass is 19.1. The molecule has 3 rings (SSSR count).